The van der Waals surface area contributed by atoms with Gasteiger partial charge in [-0.2, -0.15) is 0 Å². The van der Waals surface area contributed by atoms with E-state index in [0.717, 1.165) is 10.8 Å². The first-order valence-corrected chi connectivity index (χ1v) is 5.44. The number of hydrogen-bond acceptors (Lipinski definition) is 4. The molecule has 0 atom stereocenters. The summed E-state index contributed by atoms with van der Waals surface area (Å²) in [5.74, 6) is -0.569. The second-order valence-corrected chi connectivity index (χ2v) is 4.09. The summed E-state index contributed by atoms with van der Waals surface area (Å²) in [7, 11) is 1.50. The van der Waals surface area contributed by atoms with Gasteiger partial charge in [0.05, 0.1) is 12.7 Å². The summed E-state index contributed by atoms with van der Waals surface area (Å²) in [4.78, 5) is 10.8. The SMILES string of the molecule is COc1nnc(I)c2cc(C(=O)O)ccc12. The van der Waals surface area contributed by atoms with Crippen LogP contribution in [0.3, 0.4) is 0 Å². The lowest BCUT2D eigenvalue weighted by atomic mass is 10.1. The Kier molecular flexibility index (Phi) is 2.90. The number of methoxy groups -OCH3 is 1. The fourth-order valence-corrected chi connectivity index (χ4v) is 1.94. The number of aromatic nitrogens is 2. The maximum atomic E-state index is 10.8. The highest BCUT2D eigenvalue weighted by Crippen LogP contribution is 2.26. The number of hydrogen-bond donors (Lipinski definition) is 1. The van der Waals surface area contributed by atoms with Gasteiger partial charge in [0.15, 0.2) is 0 Å². The van der Waals surface area contributed by atoms with Crippen LogP contribution in [0.25, 0.3) is 10.8 Å². The van der Waals surface area contributed by atoms with E-state index in [1.165, 1.54) is 13.2 Å². The minimum absolute atomic E-state index is 0.223. The molecular formula is C10H7IN2O3. The number of carboxylic acids is 1. The summed E-state index contributed by atoms with van der Waals surface area (Å²) in [5.41, 5.74) is 0.223. The first-order valence-electron chi connectivity index (χ1n) is 4.36. The minimum atomic E-state index is -0.964. The van der Waals surface area contributed by atoms with Gasteiger partial charge in [0.2, 0.25) is 5.88 Å². The van der Waals surface area contributed by atoms with Gasteiger partial charge in [-0.25, -0.2) is 4.79 Å². The molecule has 6 heteroatoms. The van der Waals surface area contributed by atoms with Gasteiger partial charge >= 0.3 is 5.97 Å². The van der Waals surface area contributed by atoms with Crippen LogP contribution in [0.2, 0.25) is 0 Å². The molecule has 1 heterocycles. The maximum Gasteiger partial charge on any atom is 0.335 e. The highest BCUT2D eigenvalue weighted by atomic mass is 127. The number of ether oxygens (including phenoxy) is 1. The van der Waals surface area contributed by atoms with Crippen molar-refractivity contribution in [3.8, 4) is 5.88 Å². The smallest absolute Gasteiger partial charge is 0.335 e. The Hall–Kier alpha value is -1.44. The van der Waals surface area contributed by atoms with Crippen molar-refractivity contribution in [3.63, 3.8) is 0 Å². The summed E-state index contributed by atoms with van der Waals surface area (Å²) in [5, 5.41) is 18.1. The van der Waals surface area contributed by atoms with E-state index >= 15 is 0 Å². The molecule has 0 fully saturated rings. The predicted octanol–water partition coefficient (Wildman–Crippen LogP) is 1.94. The van der Waals surface area contributed by atoms with Crippen LogP contribution in [0.1, 0.15) is 10.4 Å². The average molecular weight is 330 g/mol. The first kappa shape index (κ1) is 11.1. The van der Waals surface area contributed by atoms with Gasteiger partial charge in [0.1, 0.15) is 3.70 Å². The zero-order valence-corrected chi connectivity index (χ0v) is 10.4. The van der Waals surface area contributed by atoms with E-state index < -0.39 is 5.97 Å². The molecule has 0 aliphatic heterocycles. The molecule has 0 aliphatic rings. The van der Waals surface area contributed by atoms with Crippen LogP contribution in [0, 0.1) is 3.70 Å². The van der Waals surface area contributed by atoms with Gasteiger partial charge in [-0.05, 0) is 40.8 Å². The molecule has 1 aromatic carbocycles. The molecule has 5 nitrogen and oxygen atoms in total. The lowest BCUT2D eigenvalue weighted by Crippen LogP contribution is -1.99. The van der Waals surface area contributed by atoms with Gasteiger partial charge in [-0.15, -0.1) is 10.2 Å². The monoisotopic (exact) mass is 330 g/mol. The Bertz CT molecular complexity index is 571. The van der Waals surface area contributed by atoms with Gasteiger partial charge < -0.3 is 9.84 Å². The zero-order chi connectivity index (χ0) is 11.7. The summed E-state index contributed by atoms with van der Waals surface area (Å²) < 4.78 is 5.71. The number of fused-ring (bicyclic) bond motifs is 1. The predicted molar refractivity (Wildman–Crippen MR) is 65.8 cm³/mol. The van der Waals surface area contributed by atoms with Crippen molar-refractivity contribution >= 4 is 39.3 Å². The van der Waals surface area contributed by atoms with Gasteiger partial charge in [0.25, 0.3) is 0 Å². The molecule has 0 bridgehead atoms. The molecule has 1 aromatic heterocycles. The summed E-state index contributed by atoms with van der Waals surface area (Å²) in [6.07, 6.45) is 0. The van der Waals surface area contributed by atoms with Crippen molar-refractivity contribution in [3.05, 3.63) is 27.5 Å². The van der Waals surface area contributed by atoms with Crippen LogP contribution in [-0.2, 0) is 0 Å². The molecule has 0 amide bonds. The van der Waals surface area contributed by atoms with E-state index in [9.17, 15) is 4.79 Å². The van der Waals surface area contributed by atoms with Crippen molar-refractivity contribution < 1.29 is 14.6 Å². The van der Waals surface area contributed by atoms with Crippen LogP contribution in [0.4, 0.5) is 0 Å². The quantitative estimate of drug-likeness (QED) is 0.852. The second kappa shape index (κ2) is 4.20. The Labute approximate surface area is 105 Å². The van der Waals surface area contributed by atoms with Crippen LogP contribution < -0.4 is 4.74 Å². The molecule has 0 saturated heterocycles. The minimum Gasteiger partial charge on any atom is -0.479 e. The normalized spacial score (nSPS) is 10.4. The standard InChI is InChI=1S/C10H7IN2O3/c1-16-9-6-3-2-5(10(14)15)4-7(6)8(11)12-13-9/h2-4H,1H3,(H,14,15). The maximum absolute atomic E-state index is 10.8. The lowest BCUT2D eigenvalue weighted by Gasteiger charge is -2.05. The third-order valence-electron chi connectivity index (χ3n) is 2.14. The van der Waals surface area contributed by atoms with Crippen LogP contribution in [0.5, 0.6) is 5.88 Å². The van der Waals surface area contributed by atoms with Gasteiger partial charge in [0, 0.05) is 10.8 Å². The van der Waals surface area contributed by atoms with E-state index in [4.69, 9.17) is 9.84 Å². The molecule has 82 valence electrons. The fourth-order valence-electron chi connectivity index (χ4n) is 1.38. The van der Waals surface area contributed by atoms with Crippen LogP contribution in [-0.4, -0.2) is 28.4 Å². The van der Waals surface area contributed by atoms with E-state index in [2.05, 4.69) is 10.2 Å². The molecule has 2 aromatic rings. The Morgan fingerprint density at radius 1 is 1.38 bits per heavy atom. The average Bonchev–Trinajstić information content (AvgIpc) is 2.29. The van der Waals surface area contributed by atoms with Crippen molar-refractivity contribution in [2.75, 3.05) is 7.11 Å². The fraction of sp³-hybridized carbons (Fsp3) is 0.100. The highest BCUT2D eigenvalue weighted by Gasteiger charge is 2.11. The second-order valence-electron chi connectivity index (χ2n) is 3.07. The van der Waals surface area contributed by atoms with Crippen LogP contribution >= 0.6 is 22.6 Å². The van der Waals surface area contributed by atoms with Gasteiger partial charge in [-0.3, -0.25) is 0 Å². The molecule has 1 N–H and O–H groups in total. The van der Waals surface area contributed by atoms with E-state index in [0.29, 0.717) is 9.58 Å². The zero-order valence-electron chi connectivity index (χ0n) is 8.27. The van der Waals surface area contributed by atoms with Crippen molar-refractivity contribution in [2.45, 2.75) is 0 Å². The molecule has 0 radical (unpaired) electrons. The molecule has 0 aliphatic carbocycles. The number of aromatic carboxylic acids is 1. The largest absolute Gasteiger partial charge is 0.479 e. The molecule has 0 unspecified atom stereocenters. The number of halogens is 1. The third-order valence-corrected chi connectivity index (χ3v) is 2.94. The number of carbonyl (C=O) groups is 1. The number of rotatable bonds is 2. The topological polar surface area (TPSA) is 72.3 Å². The van der Waals surface area contributed by atoms with E-state index in [1.54, 1.807) is 12.1 Å². The molecule has 0 saturated carbocycles. The van der Waals surface area contributed by atoms with Crippen molar-refractivity contribution in [2.24, 2.45) is 0 Å². The Balaban J connectivity index is 2.77. The Morgan fingerprint density at radius 2 is 2.12 bits per heavy atom. The first-order chi connectivity index (χ1) is 7.63. The molecule has 16 heavy (non-hydrogen) atoms. The number of nitrogens with zero attached hydrogens (tertiary/aromatic N) is 2. The number of benzene rings is 1. The van der Waals surface area contributed by atoms with Crippen LogP contribution in [0.15, 0.2) is 18.2 Å². The summed E-state index contributed by atoms with van der Waals surface area (Å²) >= 11 is 2.01. The van der Waals surface area contributed by atoms with Gasteiger partial charge in [-0.1, -0.05) is 0 Å². The Morgan fingerprint density at radius 3 is 2.75 bits per heavy atom. The molecule has 2 rings (SSSR count). The summed E-state index contributed by atoms with van der Waals surface area (Å²) in [6, 6.07) is 4.76. The molecule has 0 spiro atoms. The highest BCUT2D eigenvalue weighted by molar-refractivity contribution is 14.1. The molecular weight excluding hydrogens is 323 g/mol. The van der Waals surface area contributed by atoms with Crippen molar-refractivity contribution in [1.29, 1.82) is 0 Å². The van der Waals surface area contributed by atoms with E-state index in [1.807, 2.05) is 22.6 Å². The lowest BCUT2D eigenvalue weighted by molar-refractivity contribution is 0.0697. The summed E-state index contributed by atoms with van der Waals surface area (Å²) in [6.45, 7) is 0. The van der Waals surface area contributed by atoms with E-state index in [-0.39, 0.29) is 5.56 Å². The third kappa shape index (κ3) is 1.80. The van der Waals surface area contributed by atoms with Crippen molar-refractivity contribution in [1.82, 2.24) is 10.2 Å². The number of carboxylic acid groups (broad SMARTS) is 1.